The quantitative estimate of drug-likeness (QED) is 0.330. The summed E-state index contributed by atoms with van der Waals surface area (Å²) in [5, 5.41) is 0. The molecule has 34 heavy (non-hydrogen) atoms. The van der Waals surface area contributed by atoms with Crippen LogP contribution >= 0.6 is 0 Å². The van der Waals surface area contributed by atoms with Gasteiger partial charge in [0.1, 0.15) is 0 Å². The third kappa shape index (κ3) is 9.12. The maximum Gasteiger partial charge on any atom is 0.00127 e. The predicted molar refractivity (Wildman–Crippen MR) is 148 cm³/mol. The Balaban J connectivity index is 1.47. The Bertz CT molecular complexity index is 596. The summed E-state index contributed by atoms with van der Waals surface area (Å²) >= 11 is 0. The molecule has 5 aliphatic heterocycles. The smallest absolute Gasteiger partial charge is 0.00127 e. The van der Waals surface area contributed by atoms with Crippen molar-refractivity contribution < 1.29 is 0 Å². The van der Waals surface area contributed by atoms with Crippen LogP contribution in [0.25, 0.3) is 0 Å². The van der Waals surface area contributed by atoms with Crippen LogP contribution in [0, 0.1) is 23.7 Å². The molecule has 2 heteroatoms. The fraction of sp³-hybridized carbons (Fsp3) is 0.875. The molecule has 5 rings (SSSR count). The van der Waals surface area contributed by atoms with Gasteiger partial charge in [-0.05, 0) is 127 Å². The first-order valence-electron chi connectivity index (χ1n) is 15.6. The molecule has 194 valence electrons. The Kier molecular flexibility index (Phi) is 12.1. The van der Waals surface area contributed by atoms with Crippen molar-refractivity contribution in [2.24, 2.45) is 23.7 Å². The van der Waals surface area contributed by atoms with Gasteiger partial charge in [-0.25, -0.2) is 0 Å². The van der Waals surface area contributed by atoms with Gasteiger partial charge in [-0.3, -0.25) is 0 Å². The van der Waals surface area contributed by atoms with Crippen molar-refractivity contribution in [3.63, 3.8) is 0 Å². The molecule has 2 nitrogen and oxygen atoms in total. The summed E-state index contributed by atoms with van der Waals surface area (Å²) in [4.78, 5) is 5.79. The zero-order chi connectivity index (χ0) is 23.3. The molecule has 2 fully saturated rings. The highest BCUT2D eigenvalue weighted by atomic mass is 15.1. The normalized spacial score (nSPS) is 39.8. The molecule has 0 aromatic carbocycles. The minimum Gasteiger partial charge on any atom is -0.303 e. The van der Waals surface area contributed by atoms with Crippen LogP contribution in [-0.4, -0.2) is 49.1 Å². The van der Waals surface area contributed by atoms with Gasteiger partial charge in [0.15, 0.2) is 0 Å². The van der Waals surface area contributed by atoms with Crippen molar-refractivity contribution in [2.75, 3.05) is 39.3 Å². The Morgan fingerprint density at radius 1 is 0.441 bits per heavy atom. The number of allylic oxidation sites excluding steroid dienone is 4. The lowest BCUT2D eigenvalue weighted by Gasteiger charge is -2.47. The van der Waals surface area contributed by atoms with Crippen molar-refractivity contribution >= 4 is 0 Å². The summed E-state index contributed by atoms with van der Waals surface area (Å²) in [6.45, 7) is 8.28. The van der Waals surface area contributed by atoms with E-state index in [-0.39, 0.29) is 0 Å². The molecule has 0 aliphatic carbocycles. The highest BCUT2D eigenvalue weighted by molar-refractivity contribution is 4.92. The minimum atomic E-state index is 0.926. The first-order chi connectivity index (χ1) is 16.9. The number of hydrogen-bond acceptors (Lipinski definition) is 2. The van der Waals surface area contributed by atoms with Crippen molar-refractivity contribution in [3.8, 4) is 0 Å². The van der Waals surface area contributed by atoms with Gasteiger partial charge < -0.3 is 9.80 Å². The molecule has 2 unspecified atom stereocenters. The summed E-state index contributed by atoms with van der Waals surface area (Å²) in [5.41, 5.74) is 0. The van der Waals surface area contributed by atoms with Gasteiger partial charge >= 0.3 is 0 Å². The average molecular weight is 469 g/mol. The van der Waals surface area contributed by atoms with E-state index in [9.17, 15) is 0 Å². The molecule has 0 spiro atoms. The largest absolute Gasteiger partial charge is 0.303 e. The molecule has 0 amide bonds. The molecule has 6 bridgehead atoms. The summed E-state index contributed by atoms with van der Waals surface area (Å²) in [7, 11) is 0. The van der Waals surface area contributed by atoms with E-state index in [4.69, 9.17) is 0 Å². The van der Waals surface area contributed by atoms with Gasteiger partial charge in [0.05, 0.1) is 0 Å². The number of rotatable bonds is 0. The molecule has 0 aromatic heterocycles. The molecule has 6 atom stereocenters. The number of hydrogen-bond donors (Lipinski definition) is 0. The van der Waals surface area contributed by atoms with E-state index in [1.54, 1.807) is 0 Å². The van der Waals surface area contributed by atoms with Crippen LogP contribution in [0.3, 0.4) is 0 Å². The molecule has 0 N–H and O–H groups in total. The molecule has 0 saturated carbocycles. The van der Waals surface area contributed by atoms with Gasteiger partial charge in [-0.1, -0.05) is 56.4 Å². The van der Waals surface area contributed by atoms with Crippen molar-refractivity contribution in [1.82, 2.24) is 9.80 Å². The van der Waals surface area contributed by atoms with E-state index in [1.807, 2.05) is 0 Å². The van der Waals surface area contributed by atoms with Gasteiger partial charge in [-0.15, -0.1) is 0 Å². The van der Waals surface area contributed by atoms with Gasteiger partial charge in [0.25, 0.3) is 0 Å². The summed E-state index contributed by atoms with van der Waals surface area (Å²) in [6.07, 6.45) is 35.4. The Labute approximate surface area is 212 Å². The Morgan fingerprint density at radius 3 is 1.91 bits per heavy atom. The zero-order valence-corrected chi connectivity index (χ0v) is 22.5. The molecule has 5 heterocycles. The predicted octanol–water partition coefficient (Wildman–Crippen LogP) is 8.24. The van der Waals surface area contributed by atoms with Crippen LogP contribution in [0.15, 0.2) is 24.3 Å². The Hall–Kier alpha value is -0.600. The van der Waals surface area contributed by atoms with Crippen LogP contribution in [0.2, 0.25) is 0 Å². The second-order valence-corrected chi connectivity index (χ2v) is 12.3. The molecule has 2 saturated heterocycles. The zero-order valence-electron chi connectivity index (χ0n) is 22.5. The highest BCUT2D eigenvalue weighted by Crippen LogP contribution is 2.40. The first-order valence-corrected chi connectivity index (χ1v) is 15.6. The number of fused-ring (bicyclic) bond motifs is 10. The second kappa shape index (κ2) is 15.5. The van der Waals surface area contributed by atoms with E-state index < -0.39 is 0 Å². The average Bonchev–Trinajstić information content (AvgIpc) is 2.85. The van der Waals surface area contributed by atoms with E-state index in [1.165, 1.54) is 155 Å². The van der Waals surface area contributed by atoms with Crippen LogP contribution in [0.1, 0.15) is 116 Å². The lowest BCUT2D eigenvalue weighted by Crippen LogP contribution is -2.49. The minimum absolute atomic E-state index is 0.926. The molecule has 0 radical (unpaired) electrons. The fourth-order valence-corrected chi connectivity index (χ4v) is 7.68. The van der Waals surface area contributed by atoms with E-state index in [0.29, 0.717) is 0 Å². The van der Waals surface area contributed by atoms with Crippen LogP contribution in [0.5, 0.6) is 0 Å². The van der Waals surface area contributed by atoms with Crippen molar-refractivity contribution in [3.05, 3.63) is 24.3 Å². The van der Waals surface area contributed by atoms with Gasteiger partial charge in [0, 0.05) is 19.6 Å². The number of nitrogens with zero attached hydrogens (tertiary/aromatic N) is 2. The third-order valence-electron chi connectivity index (χ3n) is 9.59. The monoisotopic (exact) mass is 468 g/mol. The first kappa shape index (κ1) is 26.5. The standard InChI is InChI=1S/C32H56N2/c1-2-5-10-14-18-23-34-26-29-19-15-11-7-4-6-9-13-17-22-33-24-21-32(31(25-29)28-34)30(27-33)20-16-12-8-3-1/h4,6,8,12,29-32H,1-3,5,7,9-11,13-28H2/b6-4-,12-8-/t29-,30+,31+,32-/m0/s1. The van der Waals surface area contributed by atoms with Crippen LogP contribution in [-0.2, 0) is 0 Å². The Morgan fingerprint density at radius 2 is 1.06 bits per heavy atom. The summed E-state index contributed by atoms with van der Waals surface area (Å²) in [5.74, 6) is 3.82. The van der Waals surface area contributed by atoms with Crippen molar-refractivity contribution in [1.29, 1.82) is 0 Å². The summed E-state index contributed by atoms with van der Waals surface area (Å²) in [6, 6.07) is 0. The second-order valence-electron chi connectivity index (χ2n) is 12.3. The molecule has 5 aliphatic rings. The lowest BCUT2D eigenvalue weighted by atomic mass is 9.69. The van der Waals surface area contributed by atoms with Crippen molar-refractivity contribution in [2.45, 2.75) is 116 Å². The molecular formula is C32H56N2. The van der Waals surface area contributed by atoms with E-state index >= 15 is 0 Å². The molecule has 0 aromatic rings. The highest BCUT2D eigenvalue weighted by Gasteiger charge is 2.38. The van der Waals surface area contributed by atoms with E-state index in [0.717, 1.165) is 23.7 Å². The van der Waals surface area contributed by atoms with Crippen LogP contribution in [0.4, 0.5) is 0 Å². The fourth-order valence-electron chi connectivity index (χ4n) is 7.68. The maximum atomic E-state index is 2.94. The third-order valence-corrected chi connectivity index (χ3v) is 9.59. The SMILES string of the molecule is C1=C\CC[C@@H]2CN3CCCC/C=C\CCCC[C@H]4C[C@H](CN(CCCCCCCC/1)C4)[C@H]2CC3. The van der Waals surface area contributed by atoms with Crippen LogP contribution < -0.4 is 0 Å². The van der Waals surface area contributed by atoms with E-state index in [2.05, 4.69) is 34.1 Å². The maximum absolute atomic E-state index is 2.94. The molecular weight excluding hydrogens is 412 g/mol. The van der Waals surface area contributed by atoms with Gasteiger partial charge in [0.2, 0.25) is 0 Å². The van der Waals surface area contributed by atoms with Gasteiger partial charge in [-0.2, -0.15) is 0 Å². The number of piperidine rings is 2. The lowest BCUT2D eigenvalue weighted by molar-refractivity contribution is 0.0196. The topological polar surface area (TPSA) is 6.48 Å². The summed E-state index contributed by atoms with van der Waals surface area (Å²) < 4.78 is 0.